The van der Waals surface area contributed by atoms with E-state index in [2.05, 4.69) is 22.9 Å². The number of unbranched alkanes of at least 4 members (excludes halogenated alkanes) is 1. The average Bonchev–Trinajstić information content (AvgIpc) is 2.50. The zero-order chi connectivity index (χ0) is 14.4. The van der Waals surface area contributed by atoms with E-state index in [1.54, 1.807) is 4.90 Å². The molecule has 2 fully saturated rings. The third-order valence-corrected chi connectivity index (χ3v) is 5.77. The second-order valence-electron chi connectivity index (χ2n) is 6.40. The van der Waals surface area contributed by atoms with Crippen LogP contribution in [-0.4, -0.2) is 36.5 Å². The number of carbonyl (C=O) groups excluding carboxylic acids is 1. The normalized spacial score (nSPS) is 31.4. The number of hydrogen-bond acceptors (Lipinski definition) is 2. The number of rotatable bonds is 6. The van der Waals surface area contributed by atoms with Crippen molar-refractivity contribution < 1.29 is 14.4 Å². The molecular weight excluding hydrogens is 318 g/mol. The molecule has 4 heteroatoms. The van der Waals surface area contributed by atoms with Crippen LogP contribution in [0.2, 0.25) is 0 Å². The first-order chi connectivity index (χ1) is 9.72. The van der Waals surface area contributed by atoms with E-state index in [4.69, 9.17) is 4.74 Å². The van der Waals surface area contributed by atoms with Crippen LogP contribution in [0.5, 0.6) is 0 Å². The smallest absolute Gasteiger partial charge is 0.319 e. The van der Waals surface area contributed by atoms with Crippen LogP contribution in [0.1, 0.15) is 58.3 Å². The van der Waals surface area contributed by atoms with Crippen LogP contribution in [0, 0.1) is 5.92 Å². The lowest BCUT2D eigenvalue weighted by molar-refractivity contribution is -0.940. The summed E-state index contributed by atoms with van der Waals surface area (Å²) in [6.07, 6.45) is 9.68. The zero-order valence-corrected chi connectivity index (χ0v) is 14.3. The van der Waals surface area contributed by atoms with Gasteiger partial charge in [-0.25, -0.2) is 0 Å². The lowest BCUT2D eigenvalue weighted by Crippen LogP contribution is -3.18. The molecule has 0 aromatic heterocycles. The Bertz CT molecular complexity index is 309. The molecule has 116 valence electrons. The van der Waals surface area contributed by atoms with Gasteiger partial charge in [0.1, 0.15) is 4.83 Å². The maximum atomic E-state index is 12.0. The van der Waals surface area contributed by atoms with Crippen LogP contribution < -0.4 is 4.90 Å². The minimum atomic E-state index is -0.110. The van der Waals surface area contributed by atoms with Crippen molar-refractivity contribution in [3.63, 3.8) is 0 Å². The highest BCUT2D eigenvalue weighted by atomic mass is 79.9. The van der Waals surface area contributed by atoms with E-state index in [-0.39, 0.29) is 10.8 Å². The number of fused-ring (bicyclic) bond motifs is 1. The Morgan fingerprint density at radius 3 is 2.90 bits per heavy atom. The fraction of sp³-hybridized carbons (Fsp3) is 0.938. The molecule has 2 rings (SSSR count). The van der Waals surface area contributed by atoms with Crippen molar-refractivity contribution in [1.82, 2.24) is 0 Å². The lowest BCUT2D eigenvalue weighted by Gasteiger charge is -2.41. The largest absolute Gasteiger partial charge is 0.464 e. The van der Waals surface area contributed by atoms with Gasteiger partial charge in [0.05, 0.1) is 25.7 Å². The van der Waals surface area contributed by atoms with E-state index in [1.807, 2.05) is 0 Å². The molecule has 1 unspecified atom stereocenters. The van der Waals surface area contributed by atoms with Gasteiger partial charge in [-0.05, 0) is 38.5 Å². The summed E-state index contributed by atoms with van der Waals surface area (Å²) in [5.74, 6) is 0.537. The number of alkyl halides is 1. The van der Waals surface area contributed by atoms with Crippen molar-refractivity contribution in [2.45, 2.75) is 69.2 Å². The van der Waals surface area contributed by atoms with E-state index >= 15 is 0 Å². The van der Waals surface area contributed by atoms with Gasteiger partial charge in [-0.1, -0.05) is 35.7 Å². The number of ether oxygens (including phenoxy) is 1. The summed E-state index contributed by atoms with van der Waals surface area (Å²) in [6.45, 7) is 5.44. The Kier molecular flexibility index (Phi) is 6.82. The number of hydrogen-bond donors (Lipinski definition) is 1. The zero-order valence-electron chi connectivity index (χ0n) is 12.7. The molecular formula is C16H29BrNO2+. The highest BCUT2D eigenvalue weighted by molar-refractivity contribution is 9.10. The molecule has 2 aliphatic heterocycles. The van der Waals surface area contributed by atoms with E-state index in [1.165, 1.54) is 45.2 Å². The quantitative estimate of drug-likeness (QED) is 0.591. The molecule has 0 aliphatic carbocycles. The Balaban J connectivity index is 1.76. The van der Waals surface area contributed by atoms with Gasteiger partial charge < -0.3 is 9.64 Å². The molecule has 0 aromatic rings. The first kappa shape index (κ1) is 16.3. The number of carbonyl (C=O) groups is 1. The summed E-state index contributed by atoms with van der Waals surface area (Å²) < 4.78 is 5.59. The van der Waals surface area contributed by atoms with Crippen LogP contribution in [0.25, 0.3) is 0 Å². The number of nitrogens with one attached hydrogen (secondary N) is 1. The Labute approximate surface area is 131 Å². The molecule has 0 amide bonds. The first-order valence-corrected chi connectivity index (χ1v) is 9.29. The SMILES string of the molecule is CCCC[C@H](Br)C(=O)OC[C@@H]1CCC[NH+]2CCCC[C@H]12. The molecule has 1 N–H and O–H groups in total. The fourth-order valence-corrected chi connectivity index (χ4v) is 4.21. The van der Waals surface area contributed by atoms with Crippen molar-refractivity contribution in [3.8, 4) is 0 Å². The molecule has 20 heavy (non-hydrogen) atoms. The highest BCUT2D eigenvalue weighted by Gasteiger charge is 2.37. The topological polar surface area (TPSA) is 30.7 Å². The van der Waals surface area contributed by atoms with Crippen LogP contribution in [0.3, 0.4) is 0 Å². The maximum absolute atomic E-state index is 12.0. The standard InChI is InChI=1S/C16H28BrNO2/c1-2-3-8-14(17)16(19)20-12-13-7-6-11-18-10-5-4-9-15(13)18/h13-15H,2-12H2,1H3/p+1/t13-,14-,15+/m0/s1. The molecule has 2 saturated heterocycles. The predicted octanol–water partition coefficient (Wildman–Crippen LogP) is 2.33. The first-order valence-electron chi connectivity index (χ1n) is 8.37. The number of quaternary nitrogens is 1. The van der Waals surface area contributed by atoms with Crippen LogP contribution in [0.15, 0.2) is 0 Å². The lowest BCUT2D eigenvalue weighted by atomic mass is 9.84. The number of halogens is 1. The van der Waals surface area contributed by atoms with Gasteiger partial charge in [-0.2, -0.15) is 0 Å². The van der Waals surface area contributed by atoms with Crippen molar-refractivity contribution in [3.05, 3.63) is 0 Å². The van der Waals surface area contributed by atoms with Gasteiger partial charge in [0.15, 0.2) is 0 Å². The van der Waals surface area contributed by atoms with Gasteiger partial charge >= 0.3 is 5.97 Å². The Morgan fingerprint density at radius 2 is 2.10 bits per heavy atom. The average molecular weight is 347 g/mol. The summed E-state index contributed by atoms with van der Waals surface area (Å²) >= 11 is 3.46. The Hall–Kier alpha value is -0.0900. The minimum absolute atomic E-state index is 0.0543. The van der Waals surface area contributed by atoms with Crippen LogP contribution >= 0.6 is 15.9 Å². The molecule has 0 radical (unpaired) electrons. The molecule has 0 spiro atoms. The van der Waals surface area contributed by atoms with Crippen molar-refractivity contribution in [2.75, 3.05) is 19.7 Å². The molecule has 0 aromatic carbocycles. The van der Waals surface area contributed by atoms with Crippen molar-refractivity contribution in [1.29, 1.82) is 0 Å². The highest BCUT2D eigenvalue weighted by Crippen LogP contribution is 2.21. The summed E-state index contributed by atoms with van der Waals surface area (Å²) in [4.78, 5) is 13.6. The van der Waals surface area contributed by atoms with Crippen molar-refractivity contribution in [2.24, 2.45) is 5.92 Å². The van der Waals surface area contributed by atoms with E-state index in [0.717, 1.165) is 25.3 Å². The van der Waals surface area contributed by atoms with Crippen molar-refractivity contribution >= 4 is 21.9 Å². The third-order valence-electron chi connectivity index (χ3n) is 4.94. The van der Waals surface area contributed by atoms with E-state index in [0.29, 0.717) is 12.5 Å². The predicted molar refractivity (Wildman–Crippen MR) is 84.3 cm³/mol. The molecule has 0 saturated carbocycles. The van der Waals surface area contributed by atoms with Gasteiger partial charge in [-0.15, -0.1) is 0 Å². The third kappa shape index (κ3) is 4.45. The Morgan fingerprint density at radius 1 is 1.30 bits per heavy atom. The summed E-state index contributed by atoms with van der Waals surface area (Å²) in [5, 5.41) is 0. The maximum Gasteiger partial charge on any atom is 0.319 e. The summed E-state index contributed by atoms with van der Waals surface area (Å²) in [5.41, 5.74) is 0. The van der Waals surface area contributed by atoms with Gasteiger partial charge in [-0.3, -0.25) is 4.79 Å². The summed E-state index contributed by atoms with van der Waals surface area (Å²) in [6, 6.07) is 0.745. The van der Waals surface area contributed by atoms with E-state index < -0.39 is 0 Å². The van der Waals surface area contributed by atoms with Crippen LogP contribution in [0.4, 0.5) is 0 Å². The molecule has 0 bridgehead atoms. The monoisotopic (exact) mass is 346 g/mol. The second-order valence-corrected chi connectivity index (χ2v) is 7.51. The van der Waals surface area contributed by atoms with E-state index in [9.17, 15) is 4.79 Å². The van der Waals surface area contributed by atoms with Gasteiger partial charge in [0, 0.05) is 5.92 Å². The second kappa shape index (κ2) is 8.38. The molecule has 2 heterocycles. The number of piperidine rings is 2. The number of esters is 1. The summed E-state index contributed by atoms with van der Waals surface area (Å²) in [7, 11) is 0. The van der Waals surface area contributed by atoms with Gasteiger partial charge in [0.2, 0.25) is 0 Å². The fourth-order valence-electron chi connectivity index (χ4n) is 3.76. The minimum Gasteiger partial charge on any atom is -0.464 e. The van der Waals surface area contributed by atoms with Crippen LogP contribution in [-0.2, 0) is 9.53 Å². The molecule has 3 nitrogen and oxygen atoms in total. The van der Waals surface area contributed by atoms with Gasteiger partial charge in [0.25, 0.3) is 0 Å². The molecule has 4 atom stereocenters. The molecule has 2 aliphatic rings.